The molecule has 3 aromatic rings. The average molecular weight is 334 g/mol. The Morgan fingerprint density at radius 1 is 1.14 bits per heavy atom. The fourth-order valence-electron chi connectivity index (χ4n) is 2.26. The largest absolute Gasteiger partial charge is 0.384 e. The summed E-state index contributed by atoms with van der Waals surface area (Å²) in [6, 6.07) is 9.81. The van der Waals surface area contributed by atoms with Crippen LogP contribution in [-0.2, 0) is 11.2 Å². The van der Waals surface area contributed by atoms with Gasteiger partial charge in [-0.05, 0) is 35.7 Å². The second-order valence-corrected chi connectivity index (χ2v) is 5.58. The van der Waals surface area contributed by atoms with Gasteiger partial charge in [0.2, 0.25) is 5.28 Å². The minimum absolute atomic E-state index is 0.175. The van der Waals surface area contributed by atoms with Gasteiger partial charge in [-0.25, -0.2) is 9.97 Å². The van der Waals surface area contributed by atoms with Crippen LogP contribution in [0.4, 0.5) is 0 Å². The van der Waals surface area contributed by atoms with Gasteiger partial charge in [-0.3, -0.25) is 4.98 Å². The zero-order valence-electron chi connectivity index (χ0n) is 11.9. The number of hydrogen-bond donors (Lipinski definition) is 0. The molecule has 0 bridgehead atoms. The van der Waals surface area contributed by atoms with Crippen LogP contribution in [0.15, 0.2) is 36.5 Å². The van der Waals surface area contributed by atoms with Gasteiger partial charge in [-0.15, -0.1) is 0 Å². The number of aromatic nitrogens is 3. The first-order valence-corrected chi connectivity index (χ1v) is 7.50. The molecule has 0 unspecified atom stereocenters. The van der Waals surface area contributed by atoms with Gasteiger partial charge in [0.15, 0.2) is 0 Å². The third-order valence-corrected chi connectivity index (χ3v) is 3.65. The summed E-state index contributed by atoms with van der Waals surface area (Å²) in [5.74, 6) is 0. The third-order valence-electron chi connectivity index (χ3n) is 3.27. The molecule has 22 heavy (non-hydrogen) atoms. The van der Waals surface area contributed by atoms with E-state index in [2.05, 4.69) is 27.1 Å². The van der Waals surface area contributed by atoms with E-state index in [1.165, 1.54) is 0 Å². The maximum Gasteiger partial charge on any atom is 0.223 e. The van der Waals surface area contributed by atoms with E-state index in [0.29, 0.717) is 28.4 Å². The second kappa shape index (κ2) is 6.57. The van der Waals surface area contributed by atoms with Gasteiger partial charge in [0, 0.05) is 18.9 Å². The highest BCUT2D eigenvalue weighted by atomic mass is 35.5. The smallest absolute Gasteiger partial charge is 0.223 e. The summed E-state index contributed by atoms with van der Waals surface area (Å²) in [4.78, 5) is 12.9. The van der Waals surface area contributed by atoms with Crippen LogP contribution in [0.2, 0.25) is 10.3 Å². The number of hydrogen-bond acceptors (Lipinski definition) is 4. The van der Waals surface area contributed by atoms with Crippen molar-refractivity contribution in [3.8, 4) is 11.3 Å². The zero-order valence-corrected chi connectivity index (χ0v) is 13.4. The topological polar surface area (TPSA) is 47.9 Å². The lowest BCUT2D eigenvalue weighted by atomic mass is 10.0. The van der Waals surface area contributed by atoms with Crippen molar-refractivity contribution in [2.24, 2.45) is 0 Å². The predicted octanol–water partition coefficient (Wildman–Crippen LogP) is 4.19. The second-order valence-electron chi connectivity index (χ2n) is 4.81. The van der Waals surface area contributed by atoms with Crippen LogP contribution in [0.3, 0.4) is 0 Å². The summed E-state index contributed by atoms with van der Waals surface area (Å²) in [6.07, 6.45) is 2.42. The Balaban J connectivity index is 2.13. The Bertz CT molecular complexity index is 818. The molecule has 0 atom stereocenters. The number of ether oxygens (including phenoxy) is 1. The Hall–Kier alpha value is -1.75. The molecule has 0 amide bonds. The molecule has 6 heteroatoms. The van der Waals surface area contributed by atoms with Crippen molar-refractivity contribution in [1.29, 1.82) is 0 Å². The summed E-state index contributed by atoms with van der Waals surface area (Å²) in [6.45, 7) is 0.669. The first-order valence-electron chi connectivity index (χ1n) is 6.74. The highest BCUT2D eigenvalue weighted by Crippen LogP contribution is 2.27. The minimum Gasteiger partial charge on any atom is -0.384 e. The van der Waals surface area contributed by atoms with E-state index in [4.69, 9.17) is 27.9 Å². The van der Waals surface area contributed by atoms with Gasteiger partial charge < -0.3 is 4.74 Å². The first-order chi connectivity index (χ1) is 10.7. The van der Waals surface area contributed by atoms with Crippen LogP contribution in [0.1, 0.15) is 5.56 Å². The lowest BCUT2D eigenvalue weighted by Crippen LogP contribution is -1.97. The van der Waals surface area contributed by atoms with E-state index in [0.717, 1.165) is 17.5 Å². The van der Waals surface area contributed by atoms with Crippen LogP contribution >= 0.6 is 23.2 Å². The highest BCUT2D eigenvalue weighted by molar-refractivity contribution is 6.31. The number of benzene rings is 1. The molecule has 0 radical (unpaired) electrons. The normalized spacial score (nSPS) is 11.0. The minimum atomic E-state index is 0.175. The first kappa shape index (κ1) is 15.2. The van der Waals surface area contributed by atoms with Gasteiger partial charge in [0.1, 0.15) is 11.2 Å². The molecule has 0 aliphatic heterocycles. The Kier molecular flexibility index (Phi) is 4.52. The van der Waals surface area contributed by atoms with Crippen molar-refractivity contribution >= 4 is 34.2 Å². The molecule has 1 aromatic carbocycles. The van der Waals surface area contributed by atoms with Gasteiger partial charge in [0.05, 0.1) is 17.1 Å². The summed E-state index contributed by atoms with van der Waals surface area (Å²) in [5.41, 5.74) is 4.11. The summed E-state index contributed by atoms with van der Waals surface area (Å²) >= 11 is 12.0. The molecule has 0 saturated carbocycles. The van der Waals surface area contributed by atoms with Crippen molar-refractivity contribution < 1.29 is 4.74 Å². The molecule has 0 N–H and O–H groups in total. The van der Waals surface area contributed by atoms with Gasteiger partial charge in [0.25, 0.3) is 0 Å². The van der Waals surface area contributed by atoms with E-state index >= 15 is 0 Å². The fraction of sp³-hybridized carbons (Fsp3) is 0.188. The molecular formula is C16H13Cl2N3O. The molecule has 0 fully saturated rings. The number of nitrogens with zero attached hydrogens (tertiary/aromatic N) is 3. The summed E-state index contributed by atoms with van der Waals surface area (Å²) in [7, 11) is 1.69. The lowest BCUT2D eigenvalue weighted by Gasteiger charge is -2.08. The van der Waals surface area contributed by atoms with E-state index in [1.807, 2.05) is 12.1 Å². The number of methoxy groups -OCH3 is 1. The molecule has 2 heterocycles. The van der Waals surface area contributed by atoms with E-state index in [9.17, 15) is 0 Å². The summed E-state index contributed by atoms with van der Waals surface area (Å²) < 4.78 is 5.12. The maximum atomic E-state index is 6.04. The summed E-state index contributed by atoms with van der Waals surface area (Å²) in [5, 5.41) is 0.691. The quantitative estimate of drug-likeness (QED) is 0.672. The van der Waals surface area contributed by atoms with E-state index in [1.54, 1.807) is 19.4 Å². The lowest BCUT2D eigenvalue weighted by molar-refractivity contribution is 0.202. The monoisotopic (exact) mass is 333 g/mol. The van der Waals surface area contributed by atoms with Gasteiger partial charge in [-0.1, -0.05) is 29.8 Å². The number of rotatable bonds is 4. The van der Waals surface area contributed by atoms with Crippen LogP contribution in [-0.4, -0.2) is 28.7 Å². The van der Waals surface area contributed by atoms with E-state index < -0.39 is 0 Å². The molecule has 0 saturated heterocycles. The molecule has 0 aliphatic carbocycles. The molecule has 3 rings (SSSR count). The number of fused-ring (bicyclic) bond motifs is 1. The van der Waals surface area contributed by atoms with Crippen molar-refractivity contribution in [1.82, 2.24) is 15.0 Å². The average Bonchev–Trinajstić information content (AvgIpc) is 2.52. The SMILES string of the molecule is COCCc1cccc(-c2nc(Cl)nc3cc(Cl)cnc23)c1. The number of halogens is 2. The number of pyridine rings is 1. The highest BCUT2D eigenvalue weighted by Gasteiger charge is 2.11. The molecule has 112 valence electrons. The fourth-order valence-corrected chi connectivity index (χ4v) is 2.59. The Labute approximate surface area is 138 Å². The Morgan fingerprint density at radius 2 is 2.00 bits per heavy atom. The molecular weight excluding hydrogens is 321 g/mol. The van der Waals surface area contributed by atoms with Crippen LogP contribution in [0.5, 0.6) is 0 Å². The molecule has 0 spiro atoms. The van der Waals surface area contributed by atoms with Crippen LogP contribution < -0.4 is 0 Å². The zero-order chi connectivity index (χ0) is 15.5. The molecule has 0 aliphatic rings. The van der Waals surface area contributed by atoms with E-state index in [-0.39, 0.29) is 5.28 Å². The van der Waals surface area contributed by atoms with Crippen molar-refractivity contribution in [2.75, 3.05) is 13.7 Å². The van der Waals surface area contributed by atoms with Crippen molar-refractivity contribution in [2.45, 2.75) is 6.42 Å². The van der Waals surface area contributed by atoms with Gasteiger partial charge in [-0.2, -0.15) is 0 Å². The van der Waals surface area contributed by atoms with Gasteiger partial charge >= 0.3 is 0 Å². The third kappa shape index (κ3) is 3.19. The molecule has 2 aromatic heterocycles. The van der Waals surface area contributed by atoms with Crippen molar-refractivity contribution in [3.05, 3.63) is 52.4 Å². The van der Waals surface area contributed by atoms with Crippen molar-refractivity contribution in [3.63, 3.8) is 0 Å². The Morgan fingerprint density at radius 3 is 2.82 bits per heavy atom. The predicted molar refractivity (Wildman–Crippen MR) is 88.4 cm³/mol. The van der Waals surface area contributed by atoms with Crippen LogP contribution in [0, 0.1) is 0 Å². The molecule has 4 nitrogen and oxygen atoms in total. The maximum absolute atomic E-state index is 6.04. The standard InChI is InChI=1S/C16H13Cl2N3O/c1-22-6-5-10-3-2-4-11(7-10)14-15-13(20-16(18)21-14)8-12(17)9-19-15/h2-4,7-9H,5-6H2,1H3. The van der Waals surface area contributed by atoms with Crippen LogP contribution in [0.25, 0.3) is 22.3 Å².